The highest BCUT2D eigenvalue weighted by Gasteiger charge is 2.06. The summed E-state index contributed by atoms with van der Waals surface area (Å²) in [7, 11) is 1.65. The minimum absolute atomic E-state index is 0.0685. The molecule has 2 aromatic carbocycles. The molecule has 0 saturated heterocycles. The number of para-hydroxylation sites is 1. The van der Waals surface area contributed by atoms with Crippen LogP contribution in [-0.4, -0.2) is 13.7 Å². The number of halogens is 2. The van der Waals surface area contributed by atoms with Gasteiger partial charge in [-0.05, 0) is 36.2 Å². The van der Waals surface area contributed by atoms with Crippen molar-refractivity contribution in [1.82, 2.24) is 5.32 Å². The predicted octanol–water partition coefficient (Wildman–Crippen LogP) is 3.97. The van der Waals surface area contributed by atoms with Gasteiger partial charge in [0.1, 0.15) is 5.75 Å². The van der Waals surface area contributed by atoms with E-state index in [9.17, 15) is 8.78 Å². The second-order valence-electron chi connectivity index (χ2n) is 4.78. The van der Waals surface area contributed by atoms with E-state index >= 15 is 0 Å². The van der Waals surface area contributed by atoms with Crippen LogP contribution in [0.3, 0.4) is 0 Å². The first kappa shape index (κ1) is 15.4. The van der Waals surface area contributed by atoms with Crippen molar-refractivity contribution in [3.05, 3.63) is 65.2 Å². The molecular formula is C17H19F2NO. The van der Waals surface area contributed by atoms with Gasteiger partial charge in [-0.1, -0.05) is 36.4 Å². The Balaban J connectivity index is 1.83. The summed E-state index contributed by atoms with van der Waals surface area (Å²) >= 11 is 0. The quantitative estimate of drug-likeness (QED) is 0.780. The summed E-state index contributed by atoms with van der Waals surface area (Å²) in [5.74, 6) is 0.874. The minimum atomic E-state index is -2.42. The molecular weight excluding hydrogens is 272 g/mol. The van der Waals surface area contributed by atoms with Crippen LogP contribution in [0.15, 0.2) is 48.5 Å². The fourth-order valence-corrected chi connectivity index (χ4v) is 2.20. The van der Waals surface area contributed by atoms with Gasteiger partial charge in [0.15, 0.2) is 0 Å². The molecule has 0 aliphatic heterocycles. The van der Waals surface area contributed by atoms with Crippen molar-refractivity contribution in [2.45, 2.75) is 19.4 Å². The van der Waals surface area contributed by atoms with E-state index in [1.54, 1.807) is 19.2 Å². The van der Waals surface area contributed by atoms with Crippen LogP contribution in [0, 0.1) is 0 Å². The SMILES string of the molecule is COc1ccccc1CCNCc1cccc(C(F)F)c1. The van der Waals surface area contributed by atoms with E-state index < -0.39 is 6.43 Å². The summed E-state index contributed by atoms with van der Waals surface area (Å²) in [4.78, 5) is 0. The molecule has 0 spiro atoms. The van der Waals surface area contributed by atoms with Crippen LogP contribution in [0.4, 0.5) is 8.78 Å². The van der Waals surface area contributed by atoms with Crippen molar-refractivity contribution >= 4 is 0 Å². The molecule has 0 unspecified atom stereocenters. The first-order valence-corrected chi connectivity index (χ1v) is 6.90. The van der Waals surface area contributed by atoms with Crippen molar-refractivity contribution in [1.29, 1.82) is 0 Å². The maximum Gasteiger partial charge on any atom is 0.263 e. The zero-order valence-corrected chi connectivity index (χ0v) is 12.0. The van der Waals surface area contributed by atoms with Gasteiger partial charge in [0.2, 0.25) is 0 Å². The molecule has 4 heteroatoms. The van der Waals surface area contributed by atoms with E-state index in [4.69, 9.17) is 4.74 Å². The second kappa shape index (κ2) is 7.74. The Labute approximate surface area is 123 Å². The number of alkyl halides is 2. The van der Waals surface area contributed by atoms with Crippen LogP contribution in [0.5, 0.6) is 5.75 Å². The average molecular weight is 291 g/mol. The minimum Gasteiger partial charge on any atom is -0.496 e. The first-order valence-electron chi connectivity index (χ1n) is 6.90. The van der Waals surface area contributed by atoms with E-state index in [2.05, 4.69) is 5.32 Å². The van der Waals surface area contributed by atoms with Gasteiger partial charge in [-0.3, -0.25) is 0 Å². The Morgan fingerprint density at radius 2 is 1.90 bits per heavy atom. The summed E-state index contributed by atoms with van der Waals surface area (Å²) in [5.41, 5.74) is 2.07. The Morgan fingerprint density at radius 1 is 1.10 bits per heavy atom. The fraction of sp³-hybridized carbons (Fsp3) is 0.294. The van der Waals surface area contributed by atoms with E-state index in [1.807, 2.05) is 30.3 Å². The molecule has 0 aliphatic carbocycles. The fourth-order valence-electron chi connectivity index (χ4n) is 2.20. The van der Waals surface area contributed by atoms with Gasteiger partial charge >= 0.3 is 0 Å². The maximum absolute atomic E-state index is 12.6. The molecule has 112 valence electrons. The van der Waals surface area contributed by atoms with Crippen molar-refractivity contribution < 1.29 is 13.5 Å². The van der Waals surface area contributed by atoms with Gasteiger partial charge in [0, 0.05) is 12.1 Å². The van der Waals surface area contributed by atoms with Gasteiger partial charge in [0.25, 0.3) is 6.43 Å². The molecule has 0 aromatic heterocycles. The molecule has 0 bridgehead atoms. The summed E-state index contributed by atoms with van der Waals surface area (Å²) in [6, 6.07) is 14.4. The Morgan fingerprint density at radius 3 is 2.67 bits per heavy atom. The molecule has 0 atom stereocenters. The zero-order valence-electron chi connectivity index (χ0n) is 12.0. The highest BCUT2D eigenvalue weighted by molar-refractivity contribution is 5.33. The zero-order chi connectivity index (χ0) is 15.1. The lowest BCUT2D eigenvalue weighted by atomic mass is 10.1. The number of hydrogen-bond acceptors (Lipinski definition) is 2. The highest BCUT2D eigenvalue weighted by atomic mass is 19.3. The number of nitrogens with one attached hydrogen (secondary N) is 1. The number of methoxy groups -OCH3 is 1. The van der Waals surface area contributed by atoms with Crippen molar-refractivity contribution in [3.63, 3.8) is 0 Å². The summed E-state index contributed by atoms with van der Waals surface area (Å²) in [6.45, 7) is 1.34. The number of benzene rings is 2. The highest BCUT2D eigenvalue weighted by Crippen LogP contribution is 2.19. The molecule has 2 rings (SSSR count). The monoisotopic (exact) mass is 291 g/mol. The second-order valence-corrected chi connectivity index (χ2v) is 4.78. The van der Waals surface area contributed by atoms with Gasteiger partial charge in [0.05, 0.1) is 7.11 Å². The smallest absolute Gasteiger partial charge is 0.263 e. The predicted molar refractivity (Wildman–Crippen MR) is 79.8 cm³/mol. The largest absolute Gasteiger partial charge is 0.496 e. The number of ether oxygens (including phenoxy) is 1. The molecule has 0 fully saturated rings. The van der Waals surface area contributed by atoms with Crippen LogP contribution in [-0.2, 0) is 13.0 Å². The van der Waals surface area contributed by atoms with Crippen LogP contribution in [0.2, 0.25) is 0 Å². The third-order valence-corrected chi connectivity index (χ3v) is 3.30. The van der Waals surface area contributed by atoms with E-state index in [-0.39, 0.29) is 5.56 Å². The topological polar surface area (TPSA) is 21.3 Å². The average Bonchev–Trinajstić information content (AvgIpc) is 2.52. The van der Waals surface area contributed by atoms with Crippen molar-refractivity contribution in [2.75, 3.05) is 13.7 Å². The van der Waals surface area contributed by atoms with Crippen LogP contribution in [0.1, 0.15) is 23.1 Å². The normalized spacial score (nSPS) is 10.9. The van der Waals surface area contributed by atoms with Crippen molar-refractivity contribution in [2.24, 2.45) is 0 Å². The summed E-state index contributed by atoms with van der Waals surface area (Å²) < 4.78 is 30.5. The molecule has 0 amide bonds. The Bertz CT molecular complexity index is 572. The summed E-state index contributed by atoms with van der Waals surface area (Å²) in [6.07, 6.45) is -1.59. The van der Waals surface area contributed by atoms with Gasteiger partial charge in [-0.15, -0.1) is 0 Å². The van der Waals surface area contributed by atoms with Crippen LogP contribution < -0.4 is 10.1 Å². The molecule has 0 aliphatic rings. The molecule has 0 saturated carbocycles. The third-order valence-electron chi connectivity index (χ3n) is 3.30. The van der Waals surface area contributed by atoms with E-state index in [0.29, 0.717) is 6.54 Å². The molecule has 2 nitrogen and oxygen atoms in total. The molecule has 2 aromatic rings. The van der Waals surface area contributed by atoms with Gasteiger partial charge in [-0.25, -0.2) is 8.78 Å². The molecule has 0 radical (unpaired) electrons. The summed E-state index contributed by atoms with van der Waals surface area (Å²) in [5, 5.41) is 3.27. The third kappa shape index (κ3) is 4.53. The van der Waals surface area contributed by atoms with Gasteiger partial charge in [-0.2, -0.15) is 0 Å². The lowest BCUT2D eigenvalue weighted by Gasteiger charge is -2.09. The standard InChI is InChI=1S/C17H19F2NO/c1-21-16-8-3-2-6-14(16)9-10-20-12-13-5-4-7-15(11-13)17(18)19/h2-8,11,17,20H,9-10,12H2,1H3. The Hall–Kier alpha value is -1.94. The van der Waals surface area contributed by atoms with Crippen LogP contribution >= 0.6 is 0 Å². The lowest BCUT2D eigenvalue weighted by molar-refractivity contribution is 0.151. The van der Waals surface area contributed by atoms with Crippen molar-refractivity contribution in [3.8, 4) is 5.75 Å². The Kier molecular flexibility index (Phi) is 5.69. The van der Waals surface area contributed by atoms with Crippen LogP contribution in [0.25, 0.3) is 0 Å². The van der Waals surface area contributed by atoms with E-state index in [1.165, 1.54) is 6.07 Å². The molecule has 0 heterocycles. The van der Waals surface area contributed by atoms with E-state index in [0.717, 1.165) is 29.8 Å². The lowest BCUT2D eigenvalue weighted by Crippen LogP contribution is -2.17. The number of hydrogen-bond donors (Lipinski definition) is 1. The first-order chi connectivity index (χ1) is 10.2. The maximum atomic E-state index is 12.6. The molecule has 1 N–H and O–H groups in total. The molecule has 21 heavy (non-hydrogen) atoms. The number of rotatable bonds is 7. The van der Waals surface area contributed by atoms with Gasteiger partial charge < -0.3 is 10.1 Å².